The summed E-state index contributed by atoms with van der Waals surface area (Å²) in [7, 11) is 0. The number of benzene rings is 1. The number of nitrogens with zero attached hydrogens (tertiary/aromatic N) is 3. The molecule has 1 aromatic carbocycles. The Balaban J connectivity index is 1.38. The van der Waals surface area contributed by atoms with Crippen molar-refractivity contribution in [3.8, 4) is 0 Å². The van der Waals surface area contributed by atoms with Gasteiger partial charge in [-0.05, 0) is 50.7 Å². The van der Waals surface area contributed by atoms with Crippen LogP contribution in [0.5, 0.6) is 0 Å². The van der Waals surface area contributed by atoms with Crippen LogP contribution in [0.1, 0.15) is 51.5 Å². The van der Waals surface area contributed by atoms with Crippen molar-refractivity contribution in [2.45, 2.75) is 57.5 Å². The number of H-pyrrole nitrogens is 1. The lowest BCUT2D eigenvalue weighted by atomic mass is 9.99. The second-order valence-corrected chi connectivity index (χ2v) is 7.97. The molecule has 0 radical (unpaired) electrons. The van der Waals surface area contributed by atoms with E-state index in [-0.39, 0.29) is 17.6 Å². The highest BCUT2D eigenvalue weighted by Crippen LogP contribution is 2.25. The normalized spacial score (nSPS) is 22.4. The molecule has 1 aromatic heterocycles. The van der Waals surface area contributed by atoms with Crippen LogP contribution >= 0.6 is 0 Å². The van der Waals surface area contributed by atoms with Gasteiger partial charge < -0.3 is 9.88 Å². The molecule has 2 aliphatic rings. The molecule has 2 fully saturated rings. The lowest BCUT2D eigenvalue weighted by molar-refractivity contribution is -0.136. The van der Waals surface area contributed by atoms with Crippen molar-refractivity contribution >= 4 is 16.9 Å². The molecule has 0 aliphatic carbocycles. The van der Waals surface area contributed by atoms with Crippen molar-refractivity contribution in [3.63, 3.8) is 0 Å². The van der Waals surface area contributed by atoms with Crippen LogP contribution < -0.4 is 5.69 Å². The number of fused-ring (bicyclic) bond motifs is 1. The number of piperidine rings is 2. The fourth-order valence-electron chi connectivity index (χ4n) is 4.81. The van der Waals surface area contributed by atoms with E-state index in [1.165, 1.54) is 6.42 Å². The third-order valence-corrected chi connectivity index (χ3v) is 6.32. The highest BCUT2D eigenvalue weighted by Gasteiger charge is 2.29. The molecule has 1 atom stereocenters. The van der Waals surface area contributed by atoms with E-state index in [0.29, 0.717) is 12.6 Å². The van der Waals surface area contributed by atoms with Crippen LogP contribution in [-0.4, -0.2) is 57.5 Å². The molecule has 6 heteroatoms. The van der Waals surface area contributed by atoms with Crippen molar-refractivity contribution in [2.24, 2.45) is 0 Å². The predicted octanol–water partition coefficient (Wildman–Crippen LogP) is 2.76. The van der Waals surface area contributed by atoms with Crippen LogP contribution in [0.25, 0.3) is 11.0 Å². The largest absolute Gasteiger partial charge is 0.339 e. The van der Waals surface area contributed by atoms with E-state index < -0.39 is 0 Å². The Morgan fingerprint density at radius 3 is 2.67 bits per heavy atom. The first kappa shape index (κ1) is 18.3. The molecule has 1 amide bonds. The van der Waals surface area contributed by atoms with Gasteiger partial charge in [-0.1, -0.05) is 19.1 Å². The molecule has 2 aromatic rings. The standard InChI is InChI=1S/C21H30N4O2/c1-2-16-7-5-6-12-24(16)20(26)15-23-13-10-17(11-14-23)25-19-9-4-3-8-18(19)22-21(25)27/h3-4,8-9,16-17H,2,5-7,10-15H2,1H3,(H,22,27). The minimum atomic E-state index is -0.0233. The zero-order valence-corrected chi connectivity index (χ0v) is 16.2. The Hall–Kier alpha value is -2.08. The first-order valence-corrected chi connectivity index (χ1v) is 10.4. The number of imidazole rings is 1. The minimum absolute atomic E-state index is 0.0233. The number of carbonyl (C=O) groups excluding carboxylic acids is 1. The highest BCUT2D eigenvalue weighted by atomic mass is 16.2. The molecule has 2 saturated heterocycles. The fraction of sp³-hybridized carbons (Fsp3) is 0.619. The number of hydrogen-bond donors (Lipinski definition) is 1. The molecule has 0 saturated carbocycles. The van der Waals surface area contributed by atoms with Crippen LogP contribution in [0.3, 0.4) is 0 Å². The Kier molecular flexibility index (Phi) is 5.34. The van der Waals surface area contributed by atoms with E-state index in [2.05, 4.69) is 21.7 Å². The number of nitrogens with one attached hydrogen (secondary N) is 1. The van der Waals surface area contributed by atoms with Crippen molar-refractivity contribution in [2.75, 3.05) is 26.2 Å². The molecule has 6 nitrogen and oxygen atoms in total. The van der Waals surface area contributed by atoms with Crippen LogP contribution in [0.4, 0.5) is 0 Å². The molecule has 27 heavy (non-hydrogen) atoms. The Labute approximate surface area is 160 Å². The molecule has 1 N–H and O–H groups in total. The maximum atomic E-state index is 12.8. The van der Waals surface area contributed by atoms with Gasteiger partial charge in [-0.25, -0.2) is 4.79 Å². The SMILES string of the molecule is CCC1CCCCN1C(=O)CN1CCC(n2c(=O)[nH]c3ccccc32)CC1. The van der Waals surface area contributed by atoms with Gasteiger partial charge in [0.1, 0.15) is 0 Å². The molecule has 3 heterocycles. The van der Waals surface area contributed by atoms with Crippen LogP contribution in [0.15, 0.2) is 29.1 Å². The smallest absolute Gasteiger partial charge is 0.326 e. The number of aromatic nitrogens is 2. The molecular weight excluding hydrogens is 340 g/mol. The summed E-state index contributed by atoms with van der Waals surface area (Å²) in [5, 5.41) is 0. The maximum absolute atomic E-state index is 12.8. The van der Waals surface area contributed by atoms with Gasteiger partial charge in [0.15, 0.2) is 0 Å². The van der Waals surface area contributed by atoms with Gasteiger partial charge in [-0.15, -0.1) is 0 Å². The van der Waals surface area contributed by atoms with E-state index in [9.17, 15) is 9.59 Å². The summed E-state index contributed by atoms with van der Waals surface area (Å²) in [4.78, 5) is 32.5. The summed E-state index contributed by atoms with van der Waals surface area (Å²) >= 11 is 0. The molecule has 0 spiro atoms. The number of likely N-dealkylation sites (tertiary alicyclic amines) is 2. The average molecular weight is 370 g/mol. The number of para-hydroxylation sites is 2. The molecule has 146 valence electrons. The summed E-state index contributed by atoms with van der Waals surface area (Å²) < 4.78 is 1.91. The molecule has 1 unspecified atom stereocenters. The van der Waals surface area contributed by atoms with Gasteiger partial charge in [0.05, 0.1) is 17.6 Å². The number of amides is 1. The Morgan fingerprint density at radius 1 is 1.11 bits per heavy atom. The predicted molar refractivity (Wildman–Crippen MR) is 107 cm³/mol. The quantitative estimate of drug-likeness (QED) is 0.900. The van der Waals surface area contributed by atoms with E-state index in [1.54, 1.807) is 0 Å². The maximum Gasteiger partial charge on any atom is 0.326 e. The van der Waals surface area contributed by atoms with Crippen LogP contribution in [0, 0.1) is 0 Å². The van der Waals surface area contributed by atoms with E-state index in [4.69, 9.17) is 0 Å². The van der Waals surface area contributed by atoms with Gasteiger partial charge in [0.2, 0.25) is 5.91 Å². The van der Waals surface area contributed by atoms with Crippen molar-refractivity contribution in [1.82, 2.24) is 19.4 Å². The summed E-state index contributed by atoms with van der Waals surface area (Å²) in [5.41, 5.74) is 1.86. The zero-order chi connectivity index (χ0) is 18.8. The van der Waals surface area contributed by atoms with Crippen LogP contribution in [0.2, 0.25) is 0 Å². The molecule has 4 rings (SSSR count). The first-order chi connectivity index (χ1) is 13.2. The molecule has 0 bridgehead atoms. The number of hydrogen-bond acceptors (Lipinski definition) is 3. The van der Waals surface area contributed by atoms with Crippen LogP contribution in [-0.2, 0) is 4.79 Å². The van der Waals surface area contributed by atoms with Crippen molar-refractivity contribution < 1.29 is 4.79 Å². The molecule has 2 aliphatic heterocycles. The lowest BCUT2D eigenvalue weighted by Crippen LogP contribution is -2.49. The lowest BCUT2D eigenvalue weighted by Gasteiger charge is -2.38. The Bertz CT molecular complexity index is 847. The van der Waals surface area contributed by atoms with Gasteiger partial charge in [-0.3, -0.25) is 14.3 Å². The third-order valence-electron chi connectivity index (χ3n) is 6.32. The average Bonchev–Trinajstić information content (AvgIpc) is 3.04. The second-order valence-electron chi connectivity index (χ2n) is 7.97. The number of aromatic amines is 1. The van der Waals surface area contributed by atoms with E-state index in [1.807, 2.05) is 28.8 Å². The minimum Gasteiger partial charge on any atom is -0.339 e. The van der Waals surface area contributed by atoms with Gasteiger partial charge in [0.25, 0.3) is 0 Å². The summed E-state index contributed by atoms with van der Waals surface area (Å²) in [6.07, 6.45) is 6.39. The number of rotatable bonds is 4. The second kappa shape index (κ2) is 7.89. The van der Waals surface area contributed by atoms with E-state index >= 15 is 0 Å². The summed E-state index contributed by atoms with van der Waals surface area (Å²) in [6.45, 7) is 5.35. The topological polar surface area (TPSA) is 61.3 Å². The third kappa shape index (κ3) is 3.68. The fourth-order valence-corrected chi connectivity index (χ4v) is 4.81. The zero-order valence-electron chi connectivity index (χ0n) is 16.2. The number of carbonyl (C=O) groups is 1. The Morgan fingerprint density at radius 2 is 1.89 bits per heavy atom. The van der Waals surface area contributed by atoms with Gasteiger partial charge in [0, 0.05) is 31.7 Å². The monoisotopic (exact) mass is 370 g/mol. The van der Waals surface area contributed by atoms with Gasteiger partial charge in [-0.2, -0.15) is 0 Å². The van der Waals surface area contributed by atoms with Crippen molar-refractivity contribution in [1.29, 1.82) is 0 Å². The first-order valence-electron chi connectivity index (χ1n) is 10.4. The van der Waals surface area contributed by atoms with Gasteiger partial charge >= 0.3 is 5.69 Å². The van der Waals surface area contributed by atoms with Crippen molar-refractivity contribution in [3.05, 3.63) is 34.7 Å². The summed E-state index contributed by atoms with van der Waals surface area (Å²) in [6, 6.07) is 8.50. The summed E-state index contributed by atoms with van der Waals surface area (Å²) in [5.74, 6) is 0.282. The molecular formula is C21H30N4O2. The highest BCUT2D eigenvalue weighted by molar-refractivity contribution is 5.78. The van der Waals surface area contributed by atoms with E-state index in [0.717, 1.165) is 62.8 Å².